The summed E-state index contributed by atoms with van der Waals surface area (Å²) in [5.74, 6) is 0.782. The van der Waals surface area contributed by atoms with Gasteiger partial charge in [0.1, 0.15) is 24.1 Å². The SMILES string of the molecule is Cc1cc(C)n(CCOc2ccc(Cl)cc2)c1C#N. The van der Waals surface area contributed by atoms with Gasteiger partial charge in [-0.25, -0.2) is 0 Å². The van der Waals surface area contributed by atoms with Gasteiger partial charge in [0.15, 0.2) is 0 Å². The van der Waals surface area contributed by atoms with Gasteiger partial charge in [-0.1, -0.05) is 11.6 Å². The summed E-state index contributed by atoms with van der Waals surface area (Å²) < 4.78 is 7.62. The second kappa shape index (κ2) is 5.81. The number of hydrogen-bond acceptors (Lipinski definition) is 2. The topological polar surface area (TPSA) is 38.0 Å². The summed E-state index contributed by atoms with van der Waals surface area (Å²) in [4.78, 5) is 0. The Kier molecular flexibility index (Phi) is 4.13. The zero-order valence-electron chi connectivity index (χ0n) is 11.0. The van der Waals surface area contributed by atoms with E-state index in [4.69, 9.17) is 21.6 Å². The molecule has 19 heavy (non-hydrogen) atoms. The van der Waals surface area contributed by atoms with Crippen molar-refractivity contribution in [1.29, 1.82) is 5.26 Å². The molecule has 0 aliphatic carbocycles. The number of rotatable bonds is 4. The molecule has 0 N–H and O–H groups in total. The lowest BCUT2D eigenvalue weighted by atomic mass is 10.3. The Morgan fingerprint density at radius 2 is 1.95 bits per heavy atom. The summed E-state index contributed by atoms with van der Waals surface area (Å²) in [5.41, 5.74) is 2.79. The first-order valence-electron chi connectivity index (χ1n) is 6.07. The van der Waals surface area contributed by atoms with Crippen LogP contribution in [0.5, 0.6) is 5.75 Å². The van der Waals surface area contributed by atoms with Gasteiger partial charge in [-0.2, -0.15) is 5.26 Å². The van der Waals surface area contributed by atoms with Gasteiger partial charge in [-0.3, -0.25) is 0 Å². The molecule has 0 atom stereocenters. The molecule has 0 fully saturated rings. The molecule has 0 radical (unpaired) electrons. The number of aromatic nitrogens is 1. The molecule has 0 saturated carbocycles. The third kappa shape index (κ3) is 3.10. The smallest absolute Gasteiger partial charge is 0.123 e. The fourth-order valence-corrected chi connectivity index (χ4v) is 2.20. The summed E-state index contributed by atoms with van der Waals surface area (Å²) in [7, 11) is 0. The van der Waals surface area contributed by atoms with E-state index in [0.717, 1.165) is 17.0 Å². The lowest BCUT2D eigenvalue weighted by molar-refractivity contribution is 0.297. The molecular weight excluding hydrogens is 260 g/mol. The minimum Gasteiger partial charge on any atom is -0.492 e. The molecule has 1 aromatic carbocycles. The largest absolute Gasteiger partial charge is 0.492 e. The number of benzene rings is 1. The number of nitriles is 1. The molecule has 3 nitrogen and oxygen atoms in total. The van der Waals surface area contributed by atoms with Gasteiger partial charge in [0.25, 0.3) is 0 Å². The van der Waals surface area contributed by atoms with E-state index in [-0.39, 0.29) is 0 Å². The van der Waals surface area contributed by atoms with E-state index in [2.05, 4.69) is 6.07 Å². The van der Waals surface area contributed by atoms with Gasteiger partial charge >= 0.3 is 0 Å². The van der Waals surface area contributed by atoms with E-state index in [0.29, 0.717) is 23.9 Å². The summed E-state index contributed by atoms with van der Waals surface area (Å²) in [6.07, 6.45) is 0. The third-order valence-corrected chi connectivity index (χ3v) is 3.25. The van der Waals surface area contributed by atoms with Crippen LogP contribution in [0.3, 0.4) is 0 Å². The van der Waals surface area contributed by atoms with Crippen molar-refractivity contribution in [3.05, 3.63) is 52.3 Å². The standard InChI is InChI=1S/C15H15ClN2O/c1-11-9-12(2)18(15(11)10-17)7-8-19-14-5-3-13(16)4-6-14/h3-6,9H,7-8H2,1-2H3. The molecule has 0 amide bonds. The Balaban J connectivity index is 2.00. The number of ether oxygens (including phenoxy) is 1. The fourth-order valence-electron chi connectivity index (χ4n) is 2.07. The zero-order valence-corrected chi connectivity index (χ0v) is 11.7. The predicted octanol–water partition coefficient (Wildman–Crippen LogP) is 3.71. The van der Waals surface area contributed by atoms with Crippen molar-refractivity contribution < 1.29 is 4.74 Å². The van der Waals surface area contributed by atoms with Crippen LogP contribution in [0.25, 0.3) is 0 Å². The van der Waals surface area contributed by atoms with Gasteiger partial charge in [-0.05, 0) is 49.7 Å². The van der Waals surface area contributed by atoms with Gasteiger partial charge in [0, 0.05) is 10.7 Å². The van der Waals surface area contributed by atoms with Crippen LogP contribution in [0.4, 0.5) is 0 Å². The molecule has 2 rings (SSSR count). The van der Waals surface area contributed by atoms with Crippen molar-refractivity contribution in [3.63, 3.8) is 0 Å². The van der Waals surface area contributed by atoms with Crippen molar-refractivity contribution in [2.24, 2.45) is 0 Å². The van der Waals surface area contributed by atoms with E-state index in [1.165, 1.54) is 0 Å². The second-order valence-corrected chi connectivity index (χ2v) is 4.82. The molecule has 0 unspecified atom stereocenters. The fraction of sp³-hybridized carbons (Fsp3) is 0.267. The van der Waals surface area contributed by atoms with Crippen LogP contribution >= 0.6 is 11.6 Å². The van der Waals surface area contributed by atoms with E-state index < -0.39 is 0 Å². The summed E-state index contributed by atoms with van der Waals surface area (Å²) in [6.45, 7) is 5.12. The maximum absolute atomic E-state index is 9.13. The molecule has 98 valence electrons. The number of nitrogens with zero attached hydrogens (tertiary/aromatic N) is 2. The van der Waals surface area contributed by atoms with E-state index in [1.54, 1.807) is 12.1 Å². The van der Waals surface area contributed by atoms with Gasteiger partial charge in [0.05, 0.1) is 6.54 Å². The van der Waals surface area contributed by atoms with E-state index in [9.17, 15) is 0 Å². The van der Waals surface area contributed by atoms with Crippen LogP contribution in [-0.4, -0.2) is 11.2 Å². The van der Waals surface area contributed by atoms with Gasteiger partial charge in [-0.15, -0.1) is 0 Å². The minimum absolute atomic E-state index is 0.519. The number of aryl methyl sites for hydroxylation is 2. The molecular formula is C15H15ClN2O. The zero-order chi connectivity index (χ0) is 13.8. The molecule has 2 aromatic rings. The second-order valence-electron chi connectivity index (χ2n) is 4.38. The highest BCUT2D eigenvalue weighted by atomic mass is 35.5. The minimum atomic E-state index is 0.519. The Morgan fingerprint density at radius 1 is 1.26 bits per heavy atom. The molecule has 1 aromatic heterocycles. The molecule has 0 spiro atoms. The van der Waals surface area contributed by atoms with Crippen molar-refractivity contribution in [2.75, 3.05) is 6.61 Å². The maximum atomic E-state index is 9.13. The van der Waals surface area contributed by atoms with E-state index in [1.807, 2.05) is 36.6 Å². The normalized spacial score (nSPS) is 10.2. The first-order chi connectivity index (χ1) is 9.11. The van der Waals surface area contributed by atoms with Gasteiger partial charge < -0.3 is 9.30 Å². The average molecular weight is 275 g/mol. The Morgan fingerprint density at radius 3 is 2.58 bits per heavy atom. The third-order valence-electron chi connectivity index (χ3n) is 3.00. The van der Waals surface area contributed by atoms with Crippen LogP contribution in [-0.2, 0) is 6.54 Å². The van der Waals surface area contributed by atoms with Crippen molar-refractivity contribution >= 4 is 11.6 Å². The van der Waals surface area contributed by atoms with Crippen LogP contribution < -0.4 is 4.74 Å². The highest BCUT2D eigenvalue weighted by Crippen LogP contribution is 2.17. The number of hydrogen-bond donors (Lipinski definition) is 0. The number of halogens is 1. The van der Waals surface area contributed by atoms with Crippen LogP contribution in [0.15, 0.2) is 30.3 Å². The lowest BCUT2D eigenvalue weighted by Gasteiger charge is -2.10. The Hall–Kier alpha value is -1.92. The molecule has 4 heteroatoms. The van der Waals surface area contributed by atoms with Crippen molar-refractivity contribution in [2.45, 2.75) is 20.4 Å². The predicted molar refractivity (Wildman–Crippen MR) is 75.6 cm³/mol. The van der Waals surface area contributed by atoms with Crippen LogP contribution in [0.1, 0.15) is 17.0 Å². The summed E-state index contributed by atoms with van der Waals surface area (Å²) >= 11 is 5.81. The monoisotopic (exact) mass is 274 g/mol. The first-order valence-corrected chi connectivity index (χ1v) is 6.45. The molecule has 0 aliphatic rings. The van der Waals surface area contributed by atoms with E-state index >= 15 is 0 Å². The van der Waals surface area contributed by atoms with Crippen molar-refractivity contribution in [3.8, 4) is 11.8 Å². The molecule has 1 heterocycles. The Bertz CT molecular complexity index is 608. The molecule has 0 saturated heterocycles. The maximum Gasteiger partial charge on any atom is 0.123 e. The quantitative estimate of drug-likeness (QED) is 0.852. The molecule has 0 bridgehead atoms. The lowest BCUT2D eigenvalue weighted by Crippen LogP contribution is -2.11. The van der Waals surface area contributed by atoms with Gasteiger partial charge in [0.2, 0.25) is 0 Å². The highest BCUT2D eigenvalue weighted by Gasteiger charge is 2.08. The summed E-state index contributed by atoms with van der Waals surface area (Å²) in [5, 5.41) is 9.82. The van der Waals surface area contributed by atoms with Crippen molar-refractivity contribution in [1.82, 2.24) is 4.57 Å². The van der Waals surface area contributed by atoms with Crippen LogP contribution in [0, 0.1) is 25.2 Å². The van der Waals surface area contributed by atoms with Crippen LogP contribution in [0.2, 0.25) is 5.02 Å². The average Bonchev–Trinajstić information content (AvgIpc) is 2.66. The highest BCUT2D eigenvalue weighted by molar-refractivity contribution is 6.30. The molecule has 0 aliphatic heterocycles. The Labute approximate surface area is 118 Å². The summed E-state index contributed by atoms with van der Waals surface area (Å²) in [6, 6.07) is 11.5. The first kappa shape index (κ1) is 13.5.